The second-order valence-electron chi connectivity index (χ2n) is 6.71. The molecule has 0 saturated carbocycles. The Morgan fingerprint density at radius 1 is 1.19 bits per heavy atom. The quantitative estimate of drug-likeness (QED) is 0.621. The highest BCUT2D eigenvalue weighted by Gasteiger charge is 2.22. The molecule has 1 aliphatic rings. The van der Waals surface area contributed by atoms with E-state index in [2.05, 4.69) is 6.92 Å². The number of hydrogen-bond acceptors (Lipinski definition) is 5. The topological polar surface area (TPSA) is 65.1 Å². The zero-order valence-electron chi connectivity index (χ0n) is 16.3. The first-order valence-corrected chi connectivity index (χ1v) is 9.88. The fraction of sp³-hybridized carbons (Fsp3) is 0.600. The van der Waals surface area contributed by atoms with Crippen molar-refractivity contribution in [1.29, 1.82) is 0 Å². The molecule has 1 aromatic carbocycles. The molecule has 1 aliphatic heterocycles. The van der Waals surface area contributed by atoms with Gasteiger partial charge < -0.3 is 19.1 Å². The van der Waals surface area contributed by atoms with E-state index in [-0.39, 0.29) is 23.1 Å². The van der Waals surface area contributed by atoms with Crippen LogP contribution < -0.4 is 9.47 Å². The van der Waals surface area contributed by atoms with Gasteiger partial charge in [-0.15, -0.1) is 0 Å². The third-order valence-electron chi connectivity index (χ3n) is 4.46. The van der Waals surface area contributed by atoms with Crippen LogP contribution in [0, 0.1) is 5.92 Å². The summed E-state index contributed by atoms with van der Waals surface area (Å²) in [6.07, 6.45) is 2.78. The molecule has 0 atom stereocenters. The third kappa shape index (κ3) is 6.03. The van der Waals surface area contributed by atoms with Gasteiger partial charge in [-0.2, -0.15) is 0 Å². The van der Waals surface area contributed by atoms with E-state index < -0.39 is 5.97 Å². The second-order valence-corrected chi connectivity index (χ2v) is 7.11. The van der Waals surface area contributed by atoms with E-state index in [0.29, 0.717) is 43.7 Å². The molecule has 0 unspecified atom stereocenters. The predicted molar refractivity (Wildman–Crippen MR) is 104 cm³/mol. The number of likely N-dealkylation sites (tertiary alicyclic amines) is 1. The lowest BCUT2D eigenvalue weighted by Gasteiger charge is -2.30. The third-order valence-corrected chi connectivity index (χ3v) is 4.74. The normalized spacial score (nSPS) is 14.7. The van der Waals surface area contributed by atoms with Gasteiger partial charge in [-0.05, 0) is 44.2 Å². The summed E-state index contributed by atoms with van der Waals surface area (Å²) >= 11 is 6.26. The van der Waals surface area contributed by atoms with Crippen LogP contribution in [-0.2, 0) is 9.53 Å². The molecule has 1 aromatic rings. The Kier molecular flexibility index (Phi) is 8.23. The molecule has 6 nitrogen and oxygen atoms in total. The van der Waals surface area contributed by atoms with Crippen molar-refractivity contribution in [2.75, 3.05) is 32.9 Å². The number of piperidine rings is 1. The number of hydrogen-bond donors (Lipinski definition) is 0. The van der Waals surface area contributed by atoms with Crippen LogP contribution in [0.3, 0.4) is 0 Å². The maximum absolute atomic E-state index is 12.4. The van der Waals surface area contributed by atoms with Crippen LogP contribution in [0.4, 0.5) is 0 Å². The number of ether oxygens (including phenoxy) is 3. The summed E-state index contributed by atoms with van der Waals surface area (Å²) in [5.74, 6) is 0.647. The van der Waals surface area contributed by atoms with Crippen LogP contribution in [0.15, 0.2) is 12.1 Å². The lowest BCUT2D eigenvalue weighted by molar-refractivity contribution is -0.135. The van der Waals surface area contributed by atoms with Gasteiger partial charge in [0.1, 0.15) is 0 Å². The number of esters is 1. The van der Waals surface area contributed by atoms with Crippen molar-refractivity contribution in [3.63, 3.8) is 0 Å². The molecule has 0 aromatic heterocycles. The lowest BCUT2D eigenvalue weighted by atomic mass is 9.99. The maximum Gasteiger partial charge on any atom is 0.338 e. The van der Waals surface area contributed by atoms with Crippen LogP contribution in [-0.4, -0.2) is 49.7 Å². The Bertz CT molecular complexity index is 656. The first-order valence-electron chi connectivity index (χ1n) is 9.50. The van der Waals surface area contributed by atoms with E-state index in [1.54, 1.807) is 4.90 Å². The number of carbonyl (C=O) groups is 2. The second kappa shape index (κ2) is 10.4. The highest BCUT2D eigenvalue weighted by molar-refractivity contribution is 6.32. The van der Waals surface area contributed by atoms with Gasteiger partial charge in [0.15, 0.2) is 18.1 Å². The summed E-state index contributed by atoms with van der Waals surface area (Å²) in [6.45, 7) is 8.04. The van der Waals surface area contributed by atoms with Gasteiger partial charge in [0.25, 0.3) is 5.91 Å². The summed E-state index contributed by atoms with van der Waals surface area (Å²) in [6, 6.07) is 3.01. The highest BCUT2D eigenvalue weighted by Crippen LogP contribution is 2.37. The number of halogens is 1. The van der Waals surface area contributed by atoms with Crippen LogP contribution in [0.1, 0.15) is 50.4 Å². The average molecular weight is 398 g/mol. The Labute approximate surface area is 165 Å². The molecule has 0 bridgehead atoms. The van der Waals surface area contributed by atoms with Crippen molar-refractivity contribution in [2.24, 2.45) is 5.92 Å². The first-order chi connectivity index (χ1) is 13.0. The van der Waals surface area contributed by atoms with Gasteiger partial charge in [-0.1, -0.05) is 25.4 Å². The Hall–Kier alpha value is -1.95. The van der Waals surface area contributed by atoms with Crippen LogP contribution in [0.2, 0.25) is 5.02 Å². The van der Waals surface area contributed by atoms with Crippen molar-refractivity contribution in [1.82, 2.24) is 4.90 Å². The van der Waals surface area contributed by atoms with Gasteiger partial charge in [-0.25, -0.2) is 4.79 Å². The zero-order valence-corrected chi connectivity index (χ0v) is 17.0. The number of benzene rings is 1. The summed E-state index contributed by atoms with van der Waals surface area (Å²) in [4.78, 5) is 26.3. The molecule has 1 heterocycles. The molecule has 1 amide bonds. The number of rotatable bonds is 8. The van der Waals surface area contributed by atoms with Crippen molar-refractivity contribution < 1.29 is 23.8 Å². The van der Waals surface area contributed by atoms with Gasteiger partial charge in [0, 0.05) is 13.1 Å². The molecule has 1 saturated heterocycles. The van der Waals surface area contributed by atoms with E-state index >= 15 is 0 Å². The molecule has 27 heavy (non-hydrogen) atoms. The summed E-state index contributed by atoms with van der Waals surface area (Å²) < 4.78 is 16.4. The van der Waals surface area contributed by atoms with Crippen molar-refractivity contribution in [3.8, 4) is 11.5 Å². The van der Waals surface area contributed by atoms with E-state index in [1.807, 2.05) is 13.8 Å². The van der Waals surface area contributed by atoms with Gasteiger partial charge in [0.05, 0.1) is 23.8 Å². The highest BCUT2D eigenvalue weighted by atomic mass is 35.5. The minimum Gasteiger partial charge on any atom is -0.490 e. The standard InChI is InChI=1S/C20H28ClNO5/c1-4-10-26-19-16(21)11-15(12-17(19)25-5-2)20(24)27-13-18(23)22-8-6-14(3)7-9-22/h11-12,14H,4-10,13H2,1-3H3. The number of nitrogens with zero attached hydrogens (tertiary/aromatic N) is 1. The molecular weight excluding hydrogens is 370 g/mol. The zero-order chi connectivity index (χ0) is 19.8. The summed E-state index contributed by atoms with van der Waals surface area (Å²) in [7, 11) is 0. The molecule has 0 radical (unpaired) electrons. The van der Waals surface area contributed by atoms with Crippen LogP contribution in [0.25, 0.3) is 0 Å². The summed E-state index contributed by atoms with van der Waals surface area (Å²) in [5.41, 5.74) is 0.229. The van der Waals surface area contributed by atoms with E-state index in [4.69, 9.17) is 25.8 Å². The molecule has 0 spiro atoms. The van der Waals surface area contributed by atoms with Gasteiger partial charge in [-0.3, -0.25) is 4.79 Å². The Morgan fingerprint density at radius 2 is 1.89 bits per heavy atom. The van der Waals surface area contributed by atoms with E-state index in [0.717, 1.165) is 19.3 Å². The summed E-state index contributed by atoms with van der Waals surface area (Å²) in [5, 5.41) is 0.276. The Morgan fingerprint density at radius 3 is 2.52 bits per heavy atom. The average Bonchev–Trinajstić information content (AvgIpc) is 2.65. The molecular formula is C20H28ClNO5. The predicted octanol–water partition coefficient (Wildman–Crippen LogP) is 3.94. The molecule has 1 fully saturated rings. The minimum absolute atomic E-state index is 0.172. The monoisotopic (exact) mass is 397 g/mol. The van der Waals surface area contributed by atoms with Crippen LogP contribution >= 0.6 is 11.6 Å². The maximum atomic E-state index is 12.4. The van der Waals surface area contributed by atoms with Gasteiger partial charge >= 0.3 is 5.97 Å². The number of carbonyl (C=O) groups excluding carboxylic acids is 2. The van der Waals surface area contributed by atoms with Crippen molar-refractivity contribution >= 4 is 23.5 Å². The van der Waals surface area contributed by atoms with Crippen molar-refractivity contribution in [2.45, 2.75) is 40.0 Å². The smallest absolute Gasteiger partial charge is 0.338 e. The fourth-order valence-electron chi connectivity index (χ4n) is 2.85. The van der Waals surface area contributed by atoms with Crippen LogP contribution in [0.5, 0.6) is 11.5 Å². The molecule has 7 heteroatoms. The molecule has 150 valence electrons. The lowest BCUT2D eigenvalue weighted by Crippen LogP contribution is -2.40. The SMILES string of the molecule is CCCOc1c(Cl)cc(C(=O)OCC(=O)N2CCC(C)CC2)cc1OCC. The first kappa shape index (κ1) is 21.4. The van der Waals surface area contributed by atoms with E-state index in [1.165, 1.54) is 12.1 Å². The van der Waals surface area contributed by atoms with Crippen molar-refractivity contribution in [3.05, 3.63) is 22.7 Å². The largest absolute Gasteiger partial charge is 0.490 e. The van der Waals surface area contributed by atoms with Gasteiger partial charge in [0.2, 0.25) is 0 Å². The van der Waals surface area contributed by atoms with E-state index in [9.17, 15) is 9.59 Å². The molecule has 0 aliphatic carbocycles. The fourth-order valence-corrected chi connectivity index (χ4v) is 3.12. The minimum atomic E-state index is -0.612. The number of amides is 1. The molecule has 2 rings (SSSR count). The molecule has 0 N–H and O–H groups in total. The Balaban J connectivity index is 2.01.